The summed E-state index contributed by atoms with van der Waals surface area (Å²) >= 11 is 6.27. The number of nitrogen functional groups attached to an aromatic ring is 1. The molecule has 2 aromatic carbocycles. The minimum Gasteiger partial charge on any atom is -0.508 e. The van der Waals surface area contributed by atoms with Crippen LogP contribution in [0.15, 0.2) is 66.7 Å². The van der Waals surface area contributed by atoms with E-state index < -0.39 is 11.8 Å². The standard InChI is InChI=1S/C22H17ClN6O3/c23-16-8-7-12(17-5-2-6-19(24)26-17)9-15(16)22(32)27-20-11-18(21(25)31)28-29(20)13-3-1-4-14(30)10-13/h1-11,30H,(H2,24,26)(H2,25,31)(H,27,32). The van der Waals surface area contributed by atoms with E-state index in [-0.39, 0.29) is 27.8 Å². The highest BCUT2D eigenvalue weighted by Gasteiger charge is 2.19. The Bertz CT molecular complexity index is 1350. The maximum atomic E-state index is 13.1. The first-order chi connectivity index (χ1) is 15.3. The molecule has 9 nitrogen and oxygen atoms in total. The number of phenolic OH excluding ortho intramolecular Hbond substituents is 1. The van der Waals surface area contributed by atoms with Crippen LogP contribution < -0.4 is 16.8 Å². The summed E-state index contributed by atoms with van der Waals surface area (Å²) in [6.07, 6.45) is 0. The lowest BCUT2D eigenvalue weighted by atomic mass is 10.1. The van der Waals surface area contributed by atoms with Crippen LogP contribution in [-0.4, -0.2) is 31.7 Å². The largest absolute Gasteiger partial charge is 0.508 e. The van der Waals surface area contributed by atoms with Crippen molar-refractivity contribution in [3.05, 3.63) is 83.0 Å². The molecule has 0 spiro atoms. The molecule has 160 valence electrons. The number of hydrogen-bond donors (Lipinski definition) is 4. The lowest BCUT2D eigenvalue weighted by molar-refractivity contribution is 0.0992. The lowest BCUT2D eigenvalue weighted by Gasteiger charge is -2.11. The van der Waals surface area contributed by atoms with E-state index in [4.69, 9.17) is 23.1 Å². The SMILES string of the molecule is NC(=O)c1cc(NC(=O)c2cc(-c3cccc(N)n3)ccc2Cl)n(-c2cccc(O)c2)n1. The summed E-state index contributed by atoms with van der Waals surface area (Å²) in [5.41, 5.74) is 12.9. The van der Waals surface area contributed by atoms with Crippen LogP contribution in [0.2, 0.25) is 5.02 Å². The number of amides is 2. The zero-order valence-corrected chi connectivity index (χ0v) is 17.2. The van der Waals surface area contributed by atoms with Gasteiger partial charge in [-0.1, -0.05) is 29.8 Å². The van der Waals surface area contributed by atoms with Gasteiger partial charge in [-0.05, 0) is 36.4 Å². The number of rotatable bonds is 5. The molecule has 0 radical (unpaired) electrons. The zero-order chi connectivity index (χ0) is 22.8. The molecule has 0 saturated carbocycles. The fraction of sp³-hybridized carbons (Fsp3) is 0. The van der Waals surface area contributed by atoms with Crippen LogP contribution in [0.3, 0.4) is 0 Å². The molecule has 0 unspecified atom stereocenters. The predicted octanol–water partition coefficient (Wildman–Crippen LogP) is 3.23. The smallest absolute Gasteiger partial charge is 0.269 e. The van der Waals surface area contributed by atoms with Gasteiger partial charge >= 0.3 is 0 Å². The Morgan fingerprint density at radius 2 is 1.81 bits per heavy atom. The molecule has 6 N–H and O–H groups in total. The summed E-state index contributed by atoms with van der Waals surface area (Å²) < 4.78 is 1.29. The van der Waals surface area contributed by atoms with Gasteiger partial charge in [-0.2, -0.15) is 5.10 Å². The zero-order valence-electron chi connectivity index (χ0n) is 16.5. The number of nitrogens with zero attached hydrogens (tertiary/aromatic N) is 3. The van der Waals surface area contributed by atoms with Crippen LogP contribution in [0.25, 0.3) is 16.9 Å². The Hall–Kier alpha value is -4.37. The van der Waals surface area contributed by atoms with Crippen molar-refractivity contribution in [2.75, 3.05) is 11.1 Å². The fourth-order valence-corrected chi connectivity index (χ4v) is 3.27. The van der Waals surface area contributed by atoms with E-state index in [1.807, 2.05) is 0 Å². The van der Waals surface area contributed by atoms with Gasteiger partial charge in [-0.25, -0.2) is 9.67 Å². The van der Waals surface area contributed by atoms with Crippen molar-refractivity contribution in [3.8, 4) is 22.7 Å². The van der Waals surface area contributed by atoms with Crippen molar-refractivity contribution in [1.29, 1.82) is 0 Å². The number of anilines is 2. The van der Waals surface area contributed by atoms with Crippen molar-refractivity contribution in [1.82, 2.24) is 14.8 Å². The molecule has 0 aliphatic carbocycles. The molecule has 2 heterocycles. The van der Waals surface area contributed by atoms with Gasteiger partial charge < -0.3 is 21.9 Å². The number of aromatic hydroxyl groups is 1. The van der Waals surface area contributed by atoms with E-state index >= 15 is 0 Å². The number of nitrogens with one attached hydrogen (secondary N) is 1. The summed E-state index contributed by atoms with van der Waals surface area (Å²) in [7, 11) is 0. The fourth-order valence-electron chi connectivity index (χ4n) is 3.07. The molecule has 10 heteroatoms. The van der Waals surface area contributed by atoms with Crippen LogP contribution >= 0.6 is 11.6 Å². The molecule has 0 aliphatic rings. The molecule has 2 amide bonds. The van der Waals surface area contributed by atoms with Gasteiger partial charge in [0.2, 0.25) is 0 Å². The lowest BCUT2D eigenvalue weighted by Crippen LogP contribution is -2.16. The Balaban J connectivity index is 1.72. The third kappa shape index (κ3) is 4.23. The minimum atomic E-state index is -0.771. The quantitative estimate of drug-likeness (QED) is 0.368. The number of carbonyl (C=O) groups is 2. The molecule has 4 aromatic rings. The molecule has 4 rings (SSSR count). The first-order valence-corrected chi connectivity index (χ1v) is 9.72. The normalized spacial score (nSPS) is 10.7. The molecular formula is C22H17ClN6O3. The summed E-state index contributed by atoms with van der Waals surface area (Å²) in [6, 6.07) is 17.6. The van der Waals surface area contributed by atoms with Crippen molar-refractivity contribution >= 4 is 35.1 Å². The van der Waals surface area contributed by atoms with Gasteiger partial charge in [0.25, 0.3) is 11.8 Å². The number of aromatic nitrogens is 3. The molecule has 0 aliphatic heterocycles. The second-order valence-electron chi connectivity index (χ2n) is 6.81. The molecule has 32 heavy (non-hydrogen) atoms. The third-order valence-corrected chi connectivity index (χ3v) is 4.88. The van der Waals surface area contributed by atoms with Crippen molar-refractivity contribution in [2.45, 2.75) is 0 Å². The number of pyridine rings is 1. The van der Waals surface area contributed by atoms with Crippen LogP contribution in [-0.2, 0) is 0 Å². The highest BCUT2D eigenvalue weighted by Crippen LogP contribution is 2.27. The van der Waals surface area contributed by atoms with E-state index in [1.165, 1.54) is 22.9 Å². The number of primary amides is 1. The summed E-state index contributed by atoms with van der Waals surface area (Å²) in [6.45, 7) is 0. The molecule has 2 aromatic heterocycles. The molecular weight excluding hydrogens is 432 g/mol. The summed E-state index contributed by atoms with van der Waals surface area (Å²) in [5, 5.41) is 16.8. The number of halogens is 1. The molecule has 0 atom stereocenters. The number of hydrogen-bond acceptors (Lipinski definition) is 6. The maximum absolute atomic E-state index is 13.1. The topological polar surface area (TPSA) is 149 Å². The molecule has 0 fully saturated rings. The van der Waals surface area contributed by atoms with Crippen LogP contribution in [0.1, 0.15) is 20.8 Å². The number of nitrogens with two attached hydrogens (primary N) is 2. The number of phenols is 1. The number of carbonyl (C=O) groups excluding carboxylic acids is 2. The summed E-state index contributed by atoms with van der Waals surface area (Å²) in [4.78, 5) is 29.0. The van der Waals surface area contributed by atoms with Gasteiger partial charge in [-0.3, -0.25) is 9.59 Å². The van der Waals surface area contributed by atoms with Gasteiger partial charge in [0, 0.05) is 17.7 Å². The molecule has 0 bridgehead atoms. The van der Waals surface area contributed by atoms with Gasteiger partial charge in [0.15, 0.2) is 5.69 Å². The Kier molecular flexibility index (Phi) is 5.48. The van der Waals surface area contributed by atoms with E-state index in [9.17, 15) is 14.7 Å². The number of benzene rings is 2. The van der Waals surface area contributed by atoms with E-state index in [1.54, 1.807) is 48.5 Å². The van der Waals surface area contributed by atoms with Crippen molar-refractivity contribution < 1.29 is 14.7 Å². The van der Waals surface area contributed by atoms with E-state index in [2.05, 4.69) is 15.4 Å². The monoisotopic (exact) mass is 448 g/mol. The maximum Gasteiger partial charge on any atom is 0.269 e. The average Bonchev–Trinajstić information content (AvgIpc) is 3.18. The van der Waals surface area contributed by atoms with E-state index in [0.717, 1.165) is 0 Å². The van der Waals surface area contributed by atoms with Crippen LogP contribution in [0.5, 0.6) is 5.75 Å². The van der Waals surface area contributed by atoms with Crippen LogP contribution in [0, 0.1) is 0 Å². The Morgan fingerprint density at radius 1 is 1.03 bits per heavy atom. The third-order valence-electron chi connectivity index (χ3n) is 4.56. The summed E-state index contributed by atoms with van der Waals surface area (Å²) in [5.74, 6) is -0.818. The Morgan fingerprint density at radius 3 is 2.53 bits per heavy atom. The average molecular weight is 449 g/mol. The van der Waals surface area contributed by atoms with Gasteiger partial charge in [0.05, 0.1) is 22.0 Å². The second kappa shape index (κ2) is 8.40. The predicted molar refractivity (Wildman–Crippen MR) is 121 cm³/mol. The first kappa shape index (κ1) is 20.9. The first-order valence-electron chi connectivity index (χ1n) is 9.35. The highest BCUT2D eigenvalue weighted by atomic mass is 35.5. The highest BCUT2D eigenvalue weighted by molar-refractivity contribution is 6.34. The van der Waals surface area contributed by atoms with Crippen LogP contribution in [0.4, 0.5) is 11.6 Å². The minimum absolute atomic E-state index is 0.0127. The van der Waals surface area contributed by atoms with E-state index in [0.29, 0.717) is 22.8 Å². The molecule has 0 saturated heterocycles. The van der Waals surface area contributed by atoms with Gasteiger partial charge in [-0.15, -0.1) is 0 Å². The second-order valence-corrected chi connectivity index (χ2v) is 7.21. The van der Waals surface area contributed by atoms with Crippen molar-refractivity contribution in [3.63, 3.8) is 0 Å². The Labute approximate surface area is 187 Å². The van der Waals surface area contributed by atoms with Gasteiger partial charge in [0.1, 0.15) is 17.4 Å². The van der Waals surface area contributed by atoms with Crippen molar-refractivity contribution in [2.24, 2.45) is 5.73 Å².